The molecule has 0 bridgehead atoms. The molecular weight excluding hydrogens is 202 g/mol. The Morgan fingerprint density at radius 3 is 2.86 bits per heavy atom. The number of carbonyl (C=O) groups is 1. The second kappa shape index (κ2) is 8.50. The van der Waals surface area contributed by atoms with Gasteiger partial charge >= 0.3 is 6.09 Å². The standard InChI is InChI=1S/C9H15NO3S/c1-3-5-7-13-9(14)10-8(11)12-6-4-2/h4H,2-3,5-7H2,1H3,(H,10,11,14). The molecule has 0 heterocycles. The van der Waals surface area contributed by atoms with Gasteiger partial charge < -0.3 is 9.47 Å². The topological polar surface area (TPSA) is 47.6 Å². The van der Waals surface area contributed by atoms with E-state index in [1.54, 1.807) is 0 Å². The molecule has 14 heavy (non-hydrogen) atoms. The normalized spacial score (nSPS) is 8.93. The van der Waals surface area contributed by atoms with E-state index in [-0.39, 0.29) is 11.8 Å². The van der Waals surface area contributed by atoms with Crippen LogP contribution < -0.4 is 5.32 Å². The van der Waals surface area contributed by atoms with Crippen molar-refractivity contribution in [2.75, 3.05) is 13.2 Å². The minimum absolute atomic E-state index is 0.0486. The van der Waals surface area contributed by atoms with E-state index in [0.29, 0.717) is 6.61 Å². The second-order valence-corrected chi connectivity index (χ2v) is 2.87. The maximum atomic E-state index is 10.9. The number of nitrogens with one attached hydrogen (secondary N) is 1. The summed E-state index contributed by atoms with van der Waals surface area (Å²) in [6.07, 6.45) is 2.78. The number of thiocarbonyl (C=S) groups is 1. The maximum absolute atomic E-state index is 10.9. The Morgan fingerprint density at radius 1 is 1.57 bits per heavy atom. The molecule has 0 aliphatic rings. The molecule has 0 aromatic rings. The van der Waals surface area contributed by atoms with Crippen LogP contribution >= 0.6 is 12.2 Å². The predicted octanol–water partition coefficient (Wildman–Crippen LogP) is 2.00. The summed E-state index contributed by atoms with van der Waals surface area (Å²) in [6.45, 7) is 6.11. The van der Waals surface area contributed by atoms with Crippen molar-refractivity contribution in [3.63, 3.8) is 0 Å². The molecule has 0 atom stereocenters. The maximum Gasteiger partial charge on any atom is 0.414 e. The lowest BCUT2D eigenvalue weighted by molar-refractivity contribution is 0.160. The molecule has 0 saturated carbocycles. The minimum atomic E-state index is -0.619. The third-order valence-corrected chi connectivity index (χ3v) is 1.49. The van der Waals surface area contributed by atoms with Crippen molar-refractivity contribution in [2.24, 2.45) is 0 Å². The molecule has 0 unspecified atom stereocenters. The number of hydrogen-bond acceptors (Lipinski definition) is 4. The van der Waals surface area contributed by atoms with Gasteiger partial charge in [0.05, 0.1) is 6.61 Å². The highest BCUT2D eigenvalue weighted by Crippen LogP contribution is 1.89. The van der Waals surface area contributed by atoms with Gasteiger partial charge in [-0.15, -0.1) is 0 Å². The summed E-state index contributed by atoms with van der Waals surface area (Å²) in [7, 11) is 0. The molecule has 0 aliphatic carbocycles. The highest BCUT2D eigenvalue weighted by Gasteiger charge is 2.04. The van der Waals surface area contributed by atoms with Gasteiger partial charge in [0.2, 0.25) is 0 Å². The number of carbonyl (C=O) groups excluding carboxylic acids is 1. The summed E-state index contributed by atoms with van der Waals surface area (Å²) in [4.78, 5) is 10.9. The van der Waals surface area contributed by atoms with Crippen molar-refractivity contribution in [1.82, 2.24) is 5.32 Å². The fourth-order valence-corrected chi connectivity index (χ4v) is 0.766. The number of alkyl carbamates (subject to hydrolysis) is 1. The van der Waals surface area contributed by atoms with Crippen LogP contribution in [0.5, 0.6) is 0 Å². The lowest BCUT2D eigenvalue weighted by atomic mass is 10.4. The first-order valence-electron chi connectivity index (χ1n) is 4.42. The van der Waals surface area contributed by atoms with Crippen molar-refractivity contribution in [3.8, 4) is 0 Å². The Bertz CT molecular complexity index is 206. The quantitative estimate of drug-likeness (QED) is 0.434. The number of unbranched alkanes of at least 4 members (excludes halogenated alkanes) is 1. The van der Waals surface area contributed by atoms with E-state index in [1.165, 1.54) is 6.08 Å². The molecule has 80 valence electrons. The number of hydrogen-bond donors (Lipinski definition) is 1. The average molecular weight is 217 g/mol. The zero-order chi connectivity index (χ0) is 10.8. The van der Waals surface area contributed by atoms with Crippen LogP contribution in [0.3, 0.4) is 0 Å². The van der Waals surface area contributed by atoms with E-state index in [2.05, 4.69) is 16.6 Å². The van der Waals surface area contributed by atoms with Gasteiger partial charge in [-0.3, -0.25) is 5.32 Å². The monoisotopic (exact) mass is 217 g/mol. The summed E-state index contributed by atoms with van der Waals surface area (Å²) in [6, 6.07) is 0. The van der Waals surface area contributed by atoms with Gasteiger partial charge in [0.15, 0.2) is 0 Å². The van der Waals surface area contributed by atoms with Gasteiger partial charge in [0, 0.05) is 0 Å². The van der Waals surface area contributed by atoms with Gasteiger partial charge in [0.1, 0.15) is 6.61 Å². The Morgan fingerprint density at radius 2 is 2.29 bits per heavy atom. The summed E-state index contributed by atoms with van der Waals surface area (Å²) in [5.41, 5.74) is 0. The van der Waals surface area contributed by atoms with Crippen LogP contribution in [0.25, 0.3) is 0 Å². The number of amides is 1. The van der Waals surface area contributed by atoms with Crippen LogP contribution in [0.1, 0.15) is 19.8 Å². The van der Waals surface area contributed by atoms with Crippen molar-refractivity contribution in [2.45, 2.75) is 19.8 Å². The lowest BCUT2D eigenvalue weighted by Gasteiger charge is -2.07. The third kappa shape index (κ3) is 7.54. The van der Waals surface area contributed by atoms with Gasteiger partial charge in [-0.2, -0.15) is 0 Å². The fraction of sp³-hybridized carbons (Fsp3) is 0.556. The van der Waals surface area contributed by atoms with Crippen LogP contribution in [0.2, 0.25) is 0 Å². The van der Waals surface area contributed by atoms with Gasteiger partial charge in [-0.05, 0) is 18.6 Å². The summed E-state index contributed by atoms with van der Waals surface area (Å²) in [5, 5.41) is 2.32. The summed E-state index contributed by atoms with van der Waals surface area (Å²) in [5.74, 6) is 0. The molecule has 0 fully saturated rings. The van der Waals surface area contributed by atoms with Crippen molar-refractivity contribution in [3.05, 3.63) is 12.7 Å². The number of rotatable bonds is 5. The largest absolute Gasteiger partial charge is 0.471 e. The van der Waals surface area contributed by atoms with Crippen molar-refractivity contribution < 1.29 is 14.3 Å². The molecule has 0 rings (SSSR count). The molecule has 0 radical (unpaired) electrons. The summed E-state index contributed by atoms with van der Waals surface area (Å²) < 4.78 is 9.66. The highest BCUT2D eigenvalue weighted by molar-refractivity contribution is 7.80. The van der Waals surface area contributed by atoms with E-state index < -0.39 is 6.09 Å². The van der Waals surface area contributed by atoms with E-state index in [4.69, 9.17) is 17.0 Å². The Hall–Kier alpha value is -1.10. The molecule has 4 nitrogen and oxygen atoms in total. The van der Waals surface area contributed by atoms with Crippen LogP contribution in [0.4, 0.5) is 4.79 Å². The van der Waals surface area contributed by atoms with E-state index >= 15 is 0 Å². The molecule has 5 heteroatoms. The van der Waals surface area contributed by atoms with Gasteiger partial charge in [0.25, 0.3) is 5.17 Å². The highest BCUT2D eigenvalue weighted by atomic mass is 32.1. The second-order valence-electron chi connectivity index (χ2n) is 2.50. The minimum Gasteiger partial charge on any atom is -0.471 e. The molecule has 1 N–H and O–H groups in total. The molecule has 0 aromatic carbocycles. The smallest absolute Gasteiger partial charge is 0.414 e. The van der Waals surface area contributed by atoms with Crippen LogP contribution in [0.15, 0.2) is 12.7 Å². The Balaban J connectivity index is 3.50. The molecule has 1 amide bonds. The predicted molar refractivity (Wildman–Crippen MR) is 58.1 cm³/mol. The first-order valence-corrected chi connectivity index (χ1v) is 4.83. The van der Waals surface area contributed by atoms with E-state index in [1.807, 2.05) is 6.92 Å². The average Bonchev–Trinajstić information content (AvgIpc) is 2.15. The molecule has 0 spiro atoms. The number of ether oxygens (including phenoxy) is 2. The van der Waals surface area contributed by atoms with Crippen LogP contribution in [-0.2, 0) is 9.47 Å². The van der Waals surface area contributed by atoms with Crippen molar-refractivity contribution >= 4 is 23.5 Å². The first kappa shape index (κ1) is 12.9. The van der Waals surface area contributed by atoms with Gasteiger partial charge in [-0.25, -0.2) is 4.79 Å². The van der Waals surface area contributed by atoms with E-state index in [0.717, 1.165) is 12.8 Å². The lowest BCUT2D eigenvalue weighted by Crippen LogP contribution is -2.31. The van der Waals surface area contributed by atoms with Crippen LogP contribution in [-0.4, -0.2) is 24.5 Å². The van der Waals surface area contributed by atoms with Crippen LogP contribution in [0, 0.1) is 0 Å². The molecule has 0 aliphatic heterocycles. The molecular formula is C9H15NO3S. The van der Waals surface area contributed by atoms with Crippen molar-refractivity contribution in [1.29, 1.82) is 0 Å². The Labute approximate surface area is 89.3 Å². The fourth-order valence-electron chi connectivity index (χ4n) is 0.599. The Kier molecular flexibility index (Phi) is 7.83. The molecule has 0 aromatic heterocycles. The zero-order valence-corrected chi connectivity index (χ0v) is 9.06. The van der Waals surface area contributed by atoms with E-state index in [9.17, 15) is 4.79 Å². The first-order chi connectivity index (χ1) is 6.70. The molecule has 0 saturated heterocycles. The third-order valence-electron chi connectivity index (χ3n) is 1.27. The zero-order valence-electron chi connectivity index (χ0n) is 8.25. The SMILES string of the molecule is C=CCOC(=O)NC(=S)OCCCC. The summed E-state index contributed by atoms with van der Waals surface area (Å²) >= 11 is 4.73. The van der Waals surface area contributed by atoms with Gasteiger partial charge in [-0.1, -0.05) is 26.0 Å².